The number of hydrogen-bond donors (Lipinski definition) is 1. The molecule has 0 amide bonds. The van der Waals surface area contributed by atoms with Gasteiger partial charge in [0, 0.05) is 23.2 Å². The Labute approximate surface area is 94.0 Å². The summed E-state index contributed by atoms with van der Waals surface area (Å²) in [5.74, 6) is 0. The first-order valence-corrected chi connectivity index (χ1v) is 5.73. The van der Waals surface area contributed by atoms with Crippen molar-refractivity contribution in [1.82, 2.24) is 5.32 Å². The van der Waals surface area contributed by atoms with Gasteiger partial charge in [0.25, 0.3) is 0 Å². The maximum absolute atomic E-state index is 8.67. The summed E-state index contributed by atoms with van der Waals surface area (Å²) in [5, 5.41) is 12.4. The van der Waals surface area contributed by atoms with E-state index in [0.717, 1.165) is 13.1 Å². The number of nitriles is 1. The molecule has 1 saturated heterocycles. The number of nitrogens with zero attached hydrogens (tertiary/aromatic N) is 1. The minimum atomic E-state index is 0.470. The van der Waals surface area contributed by atoms with Gasteiger partial charge in [-0.25, -0.2) is 0 Å². The first kappa shape index (κ1) is 10.3. The molecule has 1 aromatic rings. The highest BCUT2D eigenvalue weighted by molar-refractivity contribution is 8.00. The van der Waals surface area contributed by atoms with Crippen molar-refractivity contribution in [2.45, 2.75) is 10.1 Å². The van der Waals surface area contributed by atoms with Gasteiger partial charge in [0.1, 0.15) is 0 Å². The molecule has 0 radical (unpaired) electrons. The number of benzene rings is 1. The zero-order chi connectivity index (χ0) is 10.7. The van der Waals surface area contributed by atoms with Crippen LogP contribution in [0.2, 0.25) is 0 Å². The molecule has 0 bridgehead atoms. The van der Waals surface area contributed by atoms with Crippen molar-refractivity contribution in [2.24, 2.45) is 0 Å². The quantitative estimate of drug-likeness (QED) is 0.770. The number of hydrogen-bond acceptors (Lipinski definition) is 3. The van der Waals surface area contributed by atoms with Crippen molar-refractivity contribution < 1.29 is 0 Å². The van der Waals surface area contributed by atoms with Gasteiger partial charge < -0.3 is 5.32 Å². The average molecular weight is 216 g/mol. The van der Waals surface area contributed by atoms with Crippen LogP contribution >= 0.6 is 11.8 Å². The van der Waals surface area contributed by atoms with Gasteiger partial charge in [-0.2, -0.15) is 5.26 Å². The van der Waals surface area contributed by atoms with Crippen LogP contribution in [-0.4, -0.2) is 18.3 Å². The van der Waals surface area contributed by atoms with Gasteiger partial charge in [0.15, 0.2) is 0 Å². The molecule has 76 valence electrons. The van der Waals surface area contributed by atoms with Crippen molar-refractivity contribution in [2.75, 3.05) is 13.1 Å². The molecule has 0 aromatic heterocycles. The minimum Gasteiger partial charge on any atom is -0.312 e. The van der Waals surface area contributed by atoms with Gasteiger partial charge in [0.2, 0.25) is 0 Å². The van der Waals surface area contributed by atoms with E-state index >= 15 is 0 Å². The lowest BCUT2D eigenvalue weighted by atomic mass is 10.2. The highest BCUT2D eigenvalue weighted by Gasteiger charge is 2.19. The molecule has 2 nitrogen and oxygen atoms in total. The van der Waals surface area contributed by atoms with E-state index in [2.05, 4.69) is 18.0 Å². The standard InChI is InChI=1S/C12H12N2S/c1-9-7-14-8-12(9)15-11-4-2-10(6-13)3-5-11/h2-5,12,14H,1,7-8H2. The summed E-state index contributed by atoms with van der Waals surface area (Å²) >= 11 is 1.81. The molecular weight excluding hydrogens is 204 g/mol. The average Bonchev–Trinajstić information content (AvgIpc) is 2.66. The maximum atomic E-state index is 8.67. The topological polar surface area (TPSA) is 35.8 Å². The summed E-state index contributed by atoms with van der Waals surface area (Å²) < 4.78 is 0. The van der Waals surface area contributed by atoms with Crippen molar-refractivity contribution >= 4 is 11.8 Å². The lowest BCUT2D eigenvalue weighted by molar-refractivity contribution is 0.867. The van der Waals surface area contributed by atoms with Crippen LogP contribution in [0.3, 0.4) is 0 Å². The Morgan fingerprint density at radius 2 is 2.13 bits per heavy atom. The third-order valence-corrected chi connectivity index (χ3v) is 3.73. The molecule has 1 N–H and O–H groups in total. The summed E-state index contributed by atoms with van der Waals surface area (Å²) in [5.41, 5.74) is 1.96. The molecule has 3 heteroatoms. The SMILES string of the molecule is C=C1CNCC1Sc1ccc(C#N)cc1. The van der Waals surface area contributed by atoms with Crippen molar-refractivity contribution in [3.63, 3.8) is 0 Å². The second-order valence-corrected chi connectivity index (χ2v) is 4.81. The molecule has 1 fully saturated rings. The summed E-state index contributed by atoms with van der Waals surface area (Å²) in [4.78, 5) is 1.20. The zero-order valence-electron chi connectivity index (χ0n) is 8.36. The summed E-state index contributed by atoms with van der Waals surface area (Å²) in [6.07, 6.45) is 0. The number of nitrogens with one attached hydrogen (secondary N) is 1. The van der Waals surface area contributed by atoms with E-state index in [1.165, 1.54) is 10.5 Å². The summed E-state index contributed by atoms with van der Waals surface area (Å²) in [7, 11) is 0. The molecule has 1 atom stereocenters. The minimum absolute atomic E-state index is 0.470. The van der Waals surface area contributed by atoms with Gasteiger partial charge in [-0.15, -0.1) is 11.8 Å². The molecule has 15 heavy (non-hydrogen) atoms. The number of thioether (sulfide) groups is 1. The maximum Gasteiger partial charge on any atom is 0.0991 e. The predicted octanol–water partition coefficient (Wildman–Crippen LogP) is 2.18. The smallest absolute Gasteiger partial charge is 0.0991 e. The van der Waals surface area contributed by atoms with Crippen molar-refractivity contribution in [3.8, 4) is 6.07 Å². The normalized spacial score (nSPS) is 20.2. The third kappa shape index (κ3) is 2.41. The molecule has 0 saturated carbocycles. The predicted molar refractivity (Wildman–Crippen MR) is 62.8 cm³/mol. The van der Waals surface area contributed by atoms with E-state index in [9.17, 15) is 0 Å². The van der Waals surface area contributed by atoms with Crippen molar-refractivity contribution in [1.29, 1.82) is 5.26 Å². The Morgan fingerprint density at radius 3 is 2.67 bits per heavy atom. The second kappa shape index (κ2) is 4.52. The Balaban J connectivity index is 2.05. The highest BCUT2D eigenvalue weighted by Crippen LogP contribution is 2.29. The summed E-state index contributed by atoms with van der Waals surface area (Å²) in [6.45, 7) is 5.94. The fourth-order valence-corrected chi connectivity index (χ4v) is 2.59. The second-order valence-electron chi connectivity index (χ2n) is 3.53. The molecule has 1 heterocycles. The Morgan fingerprint density at radius 1 is 1.40 bits per heavy atom. The molecule has 0 spiro atoms. The van der Waals surface area contributed by atoms with Gasteiger partial charge in [-0.05, 0) is 29.8 Å². The van der Waals surface area contributed by atoms with Crippen LogP contribution in [0.4, 0.5) is 0 Å². The van der Waals surface area contributed by atoms with Crippen molar-refractivity contribution in [3.05, 3.63) is 42.0 Å². The Hall–Kier alpha value is -1.24. The van der Waals surface area contributed by atoms with Gasteiger partial charge in [-0.1, -0.05) is 6.58 Å². The fourth-order valence-electron chi connectivity index (χ4n) is 1.52. The lowest BCUT2D eigenvalue weighted by Crippen LogP contribution is -2.09. The first-order chi connectivity index (χ1) is 7.29. The van der Waals surface area contributed by atoms with Crippen LogP contribution in [0.5, 0.6) is 0 Å². The zero-order valence-corrected chi connectivity index (χ0v) is 9.18. The van der Waals surface area contributed by atoms with Crippen LogP contribution in [0.1, 0.15) is 5.56 Å². The van der Waals surface area contributed by atoms with E-state index in [-0.39, 0.29) is 0 Å². The molecule has 0 aliphatic carbocycles. The Kier molecular flexibility index (Phi) is 3.10. The van der Waals surface area contributed by atoms with E-state index in [4.69, 9.17) is 5.26 Å². The summed E-state index contributed by atoms with van der Waals surface area (Å²) in [6, 6.07) is 9.82. The van der Waals surface area contributed by atoms with Crippen LogP contribution in [-0.2, 0) is 0 Å². The first-order valence-electron chi connectivity index (χ1n) is 4.85. The van der Waals surface area contributed by atoms with Crippen LogP contribution in [0.25, 0.3) is 0 Å². The molecule has 2 rings (SSSR count). The molecule has 1 aliphatic rings. The monoisotopic (exact) mass is 216 g/mol. The Bertz CT molecular complexity index is 403. The van der Waals surface area contributed by atoms with E-state index in [1.807, 2.05) is 36.0 Å². The largest absolute Gasteiger partial charge is 0.312 e. The van der Waals surface area contributed by atoms with E-state index < -0.39 is 0 Å². The van der Waals surface area contributed by atoms with Crippen LogP contribution < -0.4 is 5.32 Å². The third-order valence-electron chi connectivity index (χ3n) is 2.40. The molecule has 1 aromatic carbocycles. The van der Waals surface area contributed by atoms with Crippen LogP contribution in [0, 0.1) is 11.3 Å². The van der Waals surface area contributed by atoms with E-state index in [1.54, 1.807) is 0 Å². The molecule has 1 aliphatic heterocycles. The van der Waals surface area contributed by atoms with Gasteiger partial charge >= 0.3 is 0 Å². The lowest BCUT2D eigenvalue weighted by Gasteiger charge is -2.09. The van der Waals surface area contributed by atoms with Crippen LogP contribution in [0.15, 0.2) is 41.3 Å². The number of rotatable bonds is 2. The fraction of sp³-hybridized carbons (Fsp3) is 0.250. The molecule has 1 unspecified atom stereocenters. The molecular formula is C12H12N2S. The highest BCUT2D eigenvalue weighted by atomic mass is 32.2. The van der Waals surface area contributed by atoms with Gasteiger partial charge in [0.05, 0.1) is 11.6 Å². The van der Waals surface area contributed by atoms with Gasteiger partial charge in [-0.3, -0.25) is 0 Å². The van der Waals surface area contributed by atoms with E-state index in [0.29, 0.717) is 10.8 Å².